The lowest BCUT2D eigenvalue weighted by molar-refractivity contribution is -0.115. The number of aromatic nitrogens is 2. The van der Waals surface area contributed by atoms with Crippen molar-refractivity contribution in [1.82, 2.24) is 9.97 Å². The van der Waals surface area contributed by atoms with Gasteiger partial charge in [0, 0.05) is 20.0 Å². The molecule has 1 aliphatic carbocycles. The van der Waals surface area contributed by atoms with Crippen LogP contribution >= 0.6 is 13.5 Å². The molecule has 3 heterocycles. The van der Waals surface area contributed by atoms with E-state index in [9.17, 15) is 13.6 Å². The van der Waals surface area contributed by atoms with E-state index < -0.39 is 11.6 Å². The maximum absolute atomic E-state index is 13.3. The Hall–Kier alpha value is -2.52. The van der Waals surface area contributed by atoms with Gasteiger partial charge in [-0.05, 0) is 42.9 Å². The van der Waals surface area contributed by atoms with Gasteiger partial charge in [-0.15, -0.1) is 0 Å². The molecule has 0 spiro atoms. The predicted octanol–water partition coefficient (Wildman–Crippen LogP) is 4.75. The number of carbonyl (C=O) groups is 1. The van der Waals surface area contributed by atoms with Crippen LogP contribution in [0.1, 0.15) is 45.5 Å². The first-order valence-electron chi connectivity index (χ1n) is 10.2. The maximum atomic E-state index is 13.3. The molecule has 2 aromatic rings. The van der Waals surface area contributed by atoms with Crippen molar-refractivity contribution < 1.29 is 18.3 Å². The fraction of sp³-hybridized carbons (Fsp3) is 0.458. The van der Waals surface area contributed by atoms with Crippen LogP contribution in [0.5, 0.6) is 0 Å². The molecule has 0 saturated heterocycles. The molecule has 3 aliphatic rings. The molecule has 33 heavy (non-hydrogen) atoms. The van der Waals surface area contributed by atoms with Crippen molar-refractivity contribution in [3.05, 3.63) is 59.2 Å². The molecule has 5 rings (SSSR count). The topological polar surface area (TPSA) is 58.6 Å². The third-order valence-electron chi connectivity index (χ3n) is 6.06. The predicted molar refractivity (Wildman–Crippen MR) is 131 cm³/mol. The van der Waals surface area contributed by atoms with E-state index in [1.807, 2.05) is 11.0 Å². The highest BCUT2D eigenvalue weighted by atomic mass is 32.1. The average molecular weight is 479 g/mol. The number of ether oxygens (including phenoxy) is 1. The van der Waals surface area contributed by atoms with Gasteiger partial charge in [0.05, 0.1) is 18.9 Å². The van der Waals surface area contributed by atoms with Crippen molar-refractivity contribution in [2.45, 2.75) is 53.2 Å². The van der Waals surface area contributed by atoms with Crippen LogP contribution in [0.3, 0.4) is 0 Å². The Balaban J connectivity index is 0.00000128. The van der Waals surface area contributed by atoms with Gasteiger partial charge in [-0.2, -0.15) is 13.5 Å². The van der Waals surface area contributed by atoms with Gasteiger partial charge in [0.2, 0.25) is 0 Å². The molecule has 180 valence electrons. The van der Waals surface area contributed by atoms with Crippen molar-refractivity contribution in [1.29, 1.82) is 0 Å². The zero-order valence-corrected chi connectivity index (χ0v) is 18.1. The first kappa shape index (κ1) is 26.7. The Morgan fingerprint density at radius 1 is 1.18 bits per heavy atom. The van der Waals surface area contributed by atoms with Gasteiger partial charge in [-0.25, -0.2) is 18.7 Å². The number of amides is 1. The zero-order chi connectivity index (χ0) is 20.8. The minimum Gasteiger partial charge on any atom is -0.374 e. The summed E-state index contributed by atoms with van der Waals surface area (Å²) in [5, 5.41) is 0. The fourth-order valence-electron chi connectivity index (χ4n) is 4.28. The number of anilines is 2. The van der Waals surface area contributed by atoms with Crippen molar-refractivity contribution in [3.63, 3.8) is 0 Å². The maximum Gasteiger partial charge on any atom is 0.274 e. The standard InChI is InChI=1S/C22H22F2N4O2.2CH4.H2S/c1-27-19-11-25-20(26-21(19)28-6-2-3-18(28)22(27)29)10-14-7-15(8-14)30-12-13-4-5-16(23)17(24)9-13;;;/h3-5,9,11,14-15H,2,6-8,10,12H2,1H3;2*1H4;1H2. The van der Waals surface area contributed by atoms with Crippen molar-refractivity contribution in [2.75, 3.05) is 23.4 Å². The Kier molecular flexibility index (Phi) is 8.59. The molecule has 1 aromatic carbocycles. The van der Waals surface area contributed by atoms with E-state index in [2.05, 4.69) is 4.98 Å². The smallest absolute Gasteiger partial charge is 0.274 e. The fourth-order valence-corrected chi connectivity index (χ4v) is 4.28. The van der Waals surface area contributed by atoms with Gasteiger partial charge in [0.1, 0.15) is 17.2 Å². The Labute approximate surface area is 201 Å². The van der Waals surface area contributed by atoms with Crippen molar-refractivity contribution in [3.8, 4) is 0 Å². The molecular weight excluding hydrogens is 446 g/mol. The number of nitrogens with zero attached hydrogens (tertiary/aromatic N) is 4. The summed E-state index contributed by atoms with van der Waals surface area (Å²) in [4.78, 5) is 25.3. The summed E-state index contributed by atoms with van der Waals surface area (Å²) in [5.74, 6) is 0.282. The third kappa shape index (κ3) is 5.04. The molecular formula is C24H32F2N4O2S. The first-order chi connectivity index (χ1) is 14.5. The van der Waals surface area contributed by atoms with E-state index in [0.29, 0.717) is 17.2 Å². The average Bonchev–Trinajstić information content (AvgIpc) is 3.20. The number of likely N-dealkylation sites (N-methyl/N-ethyl adjacent to an activating group) is 1. The molecule has 1 amide bonds. The minimum atomic E-state index is -0.851. The van der Waals surface area contributed by atoms with Crippen LogP contribution in [-0.4, -0.2) is 35.6 Å². The number of hydrogen-bond donors (Lipinski definition) is 0. The van der Waals surface area contributed by atoms with Gasteiger partial charge in [-0.3, -0.25) is 4.79 Å². The molecule has 0 N–H and O–H groups in total. The Bertz CT molecular complexity index is 1040. The van der Waals surface area contributed by atoms with Crippen LogP contribution in [0.2, 0.25) is 0 Å². The van der Waals surface area contributed by atoms with Gasteiger partial charge < -0.3 is 14.5 Å². The molecule has 1 saturated carbocycles. The first-order valence-corrected chi connectivity index (χ1v) is 10.2. The molecule has 2 aliphatic heterocycles. The Morgan fingerprint density at radius 2 is 1.94 bits per heavy atom. The van der Waals surface area contributed by atoms with E-state index in [1.54, 1.807) is 24.2 Å². The van der Waals surface area contributed by atoms with Crippen LogP contribution in [0.25, 0.3) is 0 Å². The summed E-state index contributed by atoms with van der Waals surface area (Å²) in [7, 11) is 1.75. The van der Waals surface area contributed by atoms with Crippen LogP contribution in [0.4, 0.5) is 20.3 Å². The number of rotatable bonds is 5. The number of carbonyl (C=O) groups excluding carboxylic acids is 1. The van der Waals surface area contributed by atoms with E-state index in [0.717, 1.165) is 55.6 Å². The van der Waals surface area contributed by atoms with Crippen LogP contribution in [0, 0.1) is 17.6 Å². The number of benzene rings is 1. The summed E-state index contributed by atoms with van der Waals surface area (Å²) in [6.45, 7) is 1.04. The van der Waals surface area contributed by atoms with E-state index in [1.165, 1.54) is 6.07 Å². The van der Waals surface area contributed by atoms with Gasteiger partial charge in [-0.1, -0.05) is 27.0 Å². The highest BCUT2D eigenvalue weighted by molar-refractivity contribution is 7.59. The lowest BCUT2D eigenvalue weighted by Gasteiger charge is -2.36. The van der Waals surface area contributed by atoms with E-state index in [-0.39, 0.29) is 47.0 Å². The number of fused-ring (bicyclic) bond motifs is 3. The largest absolute Gasteiger partial charge is 0.374 e. The Morgan fingerprint density at radius 3 is 2.67 bits per heavy atom. The molecule has 0 unspecified atom stereocenters. The summed E-state index contributed by atoms with van der Waals surface area (Å²) in [6.07, 6.45) is 7.17. The van der Waals surface area contributed by atoms with Gasteiger partial charge >= 0.3 is 0 Å². The lowest BCUT2D eigenvalue weighted by atomic mass is 9.80. The summed E-state index contributed by atoms with van der Waals surface area (Å²) < 4.78 is 32.1. The zero-order valence-electron chi connectivity index (χ0n) is 17.1. The van der Waals surface area contributed by atoms with Gasteiger partial charge in [0.15, 0.2) is 17.5 Å². The minimum absolute atomic E-state index is 0. The summed E-state index contributed by atoms with van der Waals surface area (Å²) >= 11 is 0. The van der Waals surface area contributed by atoms with Crippen molar-refractivity contribution >= 4 is 30.9 Å². The van der Waals surface area contributed by atoms with E-state index in [4.69, 9.17) is 9.72 Å². The second-order valence-electron chi connectivity index (χ2n) is 8.11. The van der Waals surface area contributed by atoms with Crippen LogP contribution in [0.15, 0.2) is 36.2 Å². The summed E-state index contributed by atoms with van der Waals surface area (Å²) in [5.41, 5.74) is 2.07. The van der Waals surface area contributed by atoms with Crippen molar-refractivity contribution in [2.24, 2.45) is 5.92 Å². The highest BCUT2D eigenvalue weighted by Crippen LogP contribution is 2.38. The molecule has 6 nitrogen and oxygen atoms in total. The molecule has 0 atom stereocenters. The monoisotopic (exact) mass is 478 g/mol. The third-order valence-corrected chi connectivity index (χ3v) is 6.06. The molecule has 9 heteroatoms. The molecule has 0 radical (unpaired) electrons. The molecule has 1 fully saturated rings. The van der Waals surface area contributed by atoms with Crippen LogP contribution < -0.4 is 9.80 Å². The van der Waals surface area contributed by atoms with E-state index >= 15 is 0 Å². The van der Waals surface area contributed by atoms with Gasteiger partial charge in [0.25, 0.3) is 5.91 Å². The normalized spacial score (nSPS) is 20.5. The second-order valence-corrected chi connectivity index (χ2v) is 8.11. The van der Waals surface area contributed by atoms with Crippen LogP contribution in [-0.2, 0) is 22.6 Å². The number of hydrogen-bond acceptors (Lipinski definition) is 5. The number of halogens is 2. The molecule has 0 bridgehead atoms. The lowest BCUT2D eigenvalue weighted by Crippen LogP contribution is -2.41. The highest BCUT2D eigenvalue weighted by Gasteiger charge is 2.36. The molecule has 1 aromatic heterocycles. The SMILES string of the molecule is C.C.CN1C(=O)C2=CCCN2c2nc(CC3CC(OCc4ccc(F)c(F)c4)C3)ncc21.S. The summed E-state index contributed by atoms with van der Waals surface area (Å²) in [6, 6.07) is 3.84. The quantitative estimate of drug-likeness (QED) is 0.621. The second kappa shape index (κ2) is 10.6.